The van der Waals surface area contributed by atoms with Gasteiger partial charge in [-0.15, -0.1) is 0 Å². The highest BCUT2D eigenvalue weighted by Crippen LogP contribution is 2.18. The Morgan fingerprint density at radius 1 is 0.920 bits per heavy atom. The van der Waals surface area contributed by atoms with E-state index in [1.165, 1.54) is 5.56 Å². The summed E-state index contributed by atoms with van der Waals surface area (Å²) in [4.78, 5) is 12.1. The van der Waals surface area contributed by atoms with Crippen LogP contribution in [0.3, 0.4) is 0 Å². The zero-order chi connectivity index (χ0) is 18.3. The summed E-state index contributed by atoms with van der Waals surface area (Å²) in [6.45, 7) is 6.65. The summed E-state index contributed by atoms with van der Waals surface area (Å²) in [5, 5.41) is 2.96. The van der Waals surface area contributed by atoms with E-state index in [-0.39, 0.29) is 11.5 Å². The van der Waals surface area contributed by atoms with Gasteiger partial charge in [0.15, 0.2) is 0 Å². The van der Waals surface area contributed by atoms with Crippen molar-refractivity contribution in [3.8, 4) is 11.5 Å². The minimum absolute atomic E-state index is 0.0259. The Bertz CT molecular complexity index is 670. The number of carbonyl (C=O) groups is 1. The molecular weight excluding hydrogens is 314 g/mol. The fraction of sp³-hybridized carbons (Fsp3) is 0.381. The van der Waals surface area contributed by atoms with Crippen LogP contribution in [0.4, 0.5) is 0 Å². The van der Waals surface area contributed by atoms with Gasteiger partial charge in [0.1, 0.15) is 17.1 Å². The van der Waals surface area contributed by atoms with Crippen molar-refractivity contribution in [2.45, 2.75) is 39.2 Å². The second-order valence-electron chi connectivity index (χ2n) is 6.98. The first-order valence-corrected chi connectivity index (χ1v) is 8.53. The molecule has 134 valence electrons. The highest BCUT2D eigenvalue weighted by Gasteiger charge is 2.11. The fourth-order valence-electron chi connectivity index (χ4n) is 2.42. The molecule has 2 aromatic rings. The summed E-state index contributed by atoms with van der Waals surface area (Å²) >= 11 is 0. The lowest BCUT2D eigenvalue weighted by Crippen LogP contribution is -2.27. The maximum atomic E-state index is 12.1. The zero-order valence-electron chi connectivity index (χ0n) is 15.5. The first-order chi connectivity index (χ1) is 11.9. The molecule has 2 aromatic carbocycles. The van der Waals surface area contributed by atoms with Crippen LogP contribution >= 0.6 is 0 Å². The molecule has 0 atom stereocenters. The SMILES string of the molecule is COc1ccc(CCNC(=O)Cc2ccc(OC(C)(C)C)cc2)cc1. The Kier molecular flexibility index (Phi) is 6.45. The molecule has 25 heavy (non-hydrogen) atoms. The third-order valence-corrected chi connectivity index (χ3v) is 3.61. The van der Waals surface area contributed by atoms with Crippen molar-refractivity contribution in [1.82, 2.24) is 5.32 Å². The Labute approximate surface area is 150 Å². The number of hydrogen-bond acceptors (Lipinski definition) is 3. The van der Waals surface area contributed by atoms with Crippen molar-refractivity contribution in [3.63, 3.8) is 0 Å². The van der Waals surface area contributed by atoms with Crippen molar-refractivity contribution in [2.24, 2.45) is 0 Å². The summed E-state index contributed by atoms with van der Waals surface area (Å²) in [5.41, 5.74) is 1.92. The molecule has 0 aliphatic rings. The van der Waals surface area contributed by atoms with Crippen LogP contribution in [0.25, 0.3) is 0 Å². The third kappa shape index (κ3) is 6.87. The third-order valence-electron chi connectivity index (χ3n) is 3.61. The van der Waals surface area contributed by atoms with Gasteiger partial charge in [-0.2, -0.15) is 0 Å². The normalized spacial score (nSPS) is 11.0. The van der Waals surface area contributed by atoms with Crippen LogP contribution in [0.5, 0.6) is 11.5 Å². The monoisotopic (exact) mass is 341 g/mol. The molecule has 0 saturated heterocycles. The van der Waals surface area contributed by atoms with E-state index in [4.69, 9.17) is 9.47 Å². The molecule has 0 fully saturated rings. The molecule has 0 radical (unpaired) electrons. The minimum atomic E-state index is -0.222. The van der Waals surface area contributed by atoms with E-state index >= 15 is 0 Å². The van der Waals surface area contributed by atoms with Crippen molar-refractivity contribution in [1.29, 1.82) is 0 Å². The number of ether oxygens (including phenoxy) is 2. The van der Waals surface area contributed by atoms with Crippen molar-refractivity contribution in [3.05, 3.63) is 59.7 Å². The van der Waals surface area contributed by atoms with Crippen LogP contribution < -0.4 is 14.8 Å². The van der Waals surface area contributed by atoms with E-state index in [2.05, 4.69) is 5.32 Å². The predicted molar refractivity (Wildman–Crippen MR) is 100 cm³/mol. The van der Waals surface area contributed by atoms with E-state index in [0.29, 0.717) is 13.0 Å². The highest BCUT2D eigenvalue weighted by molar-refractivity contribution is 5.78. The van der Waals surface area contributed by atoms with E-state index in [0.717, 1.165) is 23.5 Å². The van der Waals surface area contributed by atoms with E-state index in [1.807, 2.05) is 69.3 Å². The van der Waals surface area contributed by atoms with Gasteiger partial charge in [-0.05, 0) is 62.6 Å². The molecular formula is C21H27NO3. The smallest absolute Gasteiger partial charge is 0.224 e. The lowest BCUT2D eigenvalue weighted by Gasteiger charge is -2.21. The Hall–Kier alpha value is -2.49. The molecule has 0 heterocycles. The van der Waals surface area contributed by atoms with Crippen LogP contribution in [-0.2, 0) is 17.6 Å². The van der Waals surface area contributed by atoms with Crippen molar-refractivity contribution < 1.29 is 14.3 Å². The number of carbonyl (C=O) groups excluding carboxylic acids is 1. The van der Waals surface area contributed by atoms with Gasteiger partial charge in [0.05, 0.1) is 13.5 Å². The molecule has 1 N–H and O–H groups in total. The largest absolute Gasteiger partial charge is 0.497 e. The number of amides is 1. The minimum Gasteiger partial charge on any atom is -0.497 e. The standard InChI is InChI=1S/C21H27NO3/c1-21(2,3)25-19-11-7-17(8-12-19)15-20(23)22-14-13-16-5-9-18(24-4)10-6-16/h5-12H,13-15H2,1-4H3,(H,22,23). The second kappa shape index (κ2) is 8.56. The van der Waals surface area contributed by atoms with E-state index in [9.17, 15) is 4.79 Å². The van der Waals surface area contributed by atoms with Gasteiger partial charge in [0.2, 0.25) is 5.91 Å². The predicted octanol–water partition coefficient (Wildman–Crippen LogP) is 3.77. The summed E-state index contributed by atoms with van der Waals surface area (Å²) in [5.74, 6) is 1.68. The Balaban J connectivity index is 1.76. The maximum absolute atomic E-state index is 12.1. The highest BCUT2D eigenvalue weighted by atomic mass is 16.5. The molecule has 0 aromatic heterocycles. The van der Waals surface area contributed by atoms with Gasteiger partial charge >= 0.3 is 0 Å². The topological polar surface area (TPSA) is 47.6 Å². The van der Waals surface area contributed by atoms with Gasteiger partial charge in [-0.25, -0.2) is 0 Å². The van der Waals surface area contributed by atoms with E-state index in [1.54, 1.807) is 7.11 Å². The second-order valence-corrected chi connectivity index (χ2v) is 6.98. The average Bonchev–Trinajstić information content (AvgIpc) is 2.56. The van der Waals surface area contributed by atoms with Gasteiger partial charge in [-0.1, -0.05) is 24.3 Å². The van der Waals surface area contributed by atoms with Gasteiger partial charge < -0.3 is 14.8 Å². The van der Waals surface area contributed by atoms with Crippen molar-refractivity contribution in [2.75, 3.05) is 13.7 Å². The van der Waals surface area contributed by atoms with Gasteiger partial charge in [0.25, 0.3) is 0 Å². The quantitative estimate of drug-likeness (QED) is 0.834. The summed E-state index contributed by atoms with van der Waals surface area (Å²) in [6.07, 6.45) is 1.17. The molecule has 4 nitrogen and oxygen atoms in total. The van der Waals surface area contributed by atoms with Gasteiger partial charge in [0, 0.05) is 6.54 Å². The molecule has 4 heteroatoms. The number of rotatable bonds is 7. The summed E-state index contributed by atoms with van der Waals surface area (Å²) in [6, 6.07) is 15.6. The summed E-state index contributed by atoms with van der Waals surface area (Å²) in [7, 11) is 1.65. The zero-order valence-corrected chi connectivity index (χ0v) is 15.5. The van der Waals surface area contributed by atoms with Crippen LogP contribution in [0.2, 0.25) is 0 Å². The number of nitrogens with one attached hydrogen (secondary N) is 1. The fourth-order valence-corrected chi connectivity index (χ4v) is 2.42. The molecule has 0 unspecified atom stereocenters. The molecule has 1 amide bonds. The Morgan fingerprint density at radius 3 is 2.04 bits per heavy atom. The average molecular weight is 341 g/mol. The lowest BCUT2D eigenvalue weighted by molar-refractivity contribution is -0.120. The first kappa shape index (κ1) is 18.8. The van der Waals surface area contributed by atoms with Crippen LogP contribution in [-0.4, -0.2) is 25.2 Å². The molecule has 0 bridgehead atoms. The molecule has 0 aliphatic carbocycles. The number of methoxy groups -OCH3 is 1. The van der Waals surface area contributed by atoms with Crippen LogP contribution in [0.15, 0.2) is 48.5 Å². The van der Waals surface area contributed by atoms with Crippen molar-refractivity contribution >= 4 is 5.91 Å². The Morgan fingerprint density at radius 2 is 1.48 bits per heavy atom. The molecule has 0 spiro atoms. The molecule has 0 aliphatic heterocycles. The number of hydrogen-bond donors (Lipinski definition) is 1. The number of benzene rings is 2. The summed E-state index contributed by atoms with van der Waals surface area (Å²) < 4.78 is 10.9. The van der Waals surface area contributed by atoms with Crippen LogP contribution in [0.1, 0.15) is 31.9 Å². The van der Waals surface area contributed by atoms with Gasteiger partial charge in [-0.3, -0.25) is 4.79 Å². The maximum Gasteiger partial charge on any atom is 0.224 e. The lowest BCUT2D eigenvalue weighted by atomic mass is 10.1. The van der Waals surface area contributed by atoms with E-state index < -0.39 is 0 Å². The first-order valence-electron chi connectivity index (χ1n) is 8.53. The van der Waals surface area contributed by atoms with Crippen LogP contribution in [0, 0.1) is 0 Å². The molecule has 2 rings (SSSR count). The molecule has 0 saturated carbocycles.